The van der Waals surface area contributed by atoms with E-state index in [0.717, 1.165) is 43.2 Å². The molecule has 2 rings (SSSR count). The van der Waals surface area contributed by atoms with Gasteiger partial charge in [-0.25, -0.2) is 5.48 Å². The van der Waals surface area contributed by atoms with Crippen LogP contribution in [0.25, 0.3) is 6.08 Å². The summed E-state index contributed by atoms with van der Waals surface area (Å²) in [5, 5.41) is 11.8. The summed E-state index contributed by atoms with van der Waals surface area (Å²) in [6, 6.07) is 7.34. The predicted octanol–water partition coefficient (Wildman–Crippen LogP) is 3.20. The van der Waals surface area contributed by atoms with Crippen LogP contribution in [0.2, 0.25) is 0 Å². The molecule has 0 saturated heterocycles. The highest BCUT2D eigenvalue weighted by Gasteiger charge is 2.25. The van der Waals surface area contributed by atoms with Gasteiger partial charge in [-0.1, -0.05) is 38.1 Å². The molecule has 27 heavy (non-hydrogen) atoms. The zero-order valence-electron chi connectivity index (χ0n) is 16.1. The van der Waals surface area contributed by atoms with Crippen molar-refractivity contribution in [2.45, 2.75) is 64.6 Å². The van der Waals surface area contributed by atoms with Gasteiger partial charge in [0, 0.05) is 12.6 Å². The summed E-state index contributed by atoms with van der Waals surface area (Å²) in [4.78, 5) is 23.5. The van der Waals surface area contributed by atoms with Gasteiger partial charge in [0.15, 0.2) is 0 Å². The van der Waals surface area contributed by atoms with Gasteiger partial charge in [-0.05, 0) is 55.2 Å². The fourth-order valence-corrected chi connectivity index (χ4v) is 3.18. The van der Waals surface area contributed by atoms with E-state index in [0.29, 0.717) is 12.5 Å². The first-order valence-corrected chi connectivity index (χ1v) is 9.63. The Morgan fingerprint density at radius 1 is 1.22 bits per heavy atom. The molecule has 6 heteroatoms. The van der Waals surface area contributed by atoms with Crippen LogP contribution in [0.4, 0.5) is 0 Å². The minimum Gasteiger partial charge on any atom is -0.461 e. The lowest BCUT2D eigenvalue weighted by atomic mass is 10.0. The number of hydroxylamine groups is 1. The molecule has 0 radical (unpaired) electrons. The summed E-state index contributed by atoms with van der Waals surface area (Å²) < 4.78 is 5.68. The van der Waals surface area contributed by atoms with Crippen molar-refractivity contribution in [3.8, 4) is 0 Å². The number of benzene rings is 1. The van der Waals surface area contributed by atoms with Crippen molar-refractivity contribution in [3.63, 3.8) is 0 Å². The Bertz CT molecular complexity index is 634. The standard InChI is InChI=1S/C21H30N2O4/c1-15(2)13-19(21(25)27-18-5-3-4-6-18)22-14-17-9-7-16(8-10-17)11-12-20(24)23-26/h7-12,15,18-19,22,26H,3-6,13-14H2,1-2H3,(H,23,24)/b12-11+/t19-/m1/s1. The molecule has 1 fully saturated rings. The molecular weight excluding hydrogens is 344 g/mol. The van der Waals surface area contributed by atoms with Crippen LogP contribution in [0.5, 0.6) is 0 Å². The maximum atomic E-state index is 12.5. The van der Waals surface area contributed by atoms with E-state index >= 15 is 0 Å². The summed E-state index contributed by atoms with van der Waals surface area (Å²) in [5.41, 5.74) is 3.44. The van der Waals surface area contributed by atoms with Crippen LogP contribution in [-0.4, -0.2) is 29.2 Å². The molecular formula is C21H30N2O4. The first kappa shape index (κ1) is 21.1. The number of hydrogen-bond acceptors (Lipinski definition) is 5. The summed E-state index contributed by atoms with van der Waals surface area (Å²) in [7, 11) is 0. The number of rotatable bonds is 9. The Hall–Kier alpha value is -2.18. The second-order valence-electron chi connectivity index (χ2n) is 7.46. The molecule has 3 N–H and O–H groups in total. The fraction of sp³-hybridized carbons (Fsp3) is 0.524. The molecule has 1 amide bonds. The molecule has 1 aliphatic carbocycles. The largest absolute Gasteiger partial charge is 0.461 e. The van der Waals surface area contributed by atoms with E-state index in [-0.39, 0.29) is 18.1 Å². The molecule has 0 aromatic heterocycles. The zero-order valence-corrected chi connectivity index (χ0v) is 16.1. The lowest BCUT2D eigenvalue weighted by molar-refractivity contribution is -0.151. The smallest absolute Gasteiger partial charge is 0.323 e. The number of carbonyl (C=O) groups is 2. The summed E-state index contributed by atoms with van der Waals surface area (Å²) in [6.45, 7) is 4.76. The molecule has 1 aliphatic rings. The first-order chi connectivity index (χ1) is 13.0. The maximum Gasteiger partial charge on any atom is 0.323 e. The molecule has 1 aromatic carbocycles. The van der Waals surface area contributed by atoms with Crippen molar-refractivity contribution in [3.05, 3.63) is 41.5 Å². The van der Waals surface area contributed by atoms with E-state index in [1.54, 1.807) is 11.6 Å². The molecule has 1 saturated carbocycles. The van der Waals surface area contributed by atoms with E-state index in [1.165, 1.54) is 6.08 Å². The van der Waals surface area contributed by atoms with Crippen molar-refractivity contribution < 1.29 is 19.5 Å². The van der Waals surface area contributed by atoms with Gasteiger partial charge in [0.2, 0.25) is 0 Å². The number of nitrogens with one attached hydrogen (secondary N) is 2. The number of hydrogen-bond donors (Lipinski definition) is 3. The maximum absolute atomic E-state index is 12.5. The Morgan fingerprint density at radius 3 is 2.48 bits per heavy atom. The van der Waals surface area contributed by atoms with Crippen molar-refractivity contribution >= 4 is 18.0 Å². The highest BCUT2D eigenvalue weighted by Crippen LogP contribution is 2.22. The Kier molecular flexibility index (Phi) is 8.48. The van der Waals surface area contributed by atoms with E-state index in [1.807, 2.05) is 24.3 Å². The molecule has 1 atom stereocenters. The Labute approximate surface area is 160 Å². The molecule has 0 bridgehead atoms. The van der Waals surface area contributed by atoms with Crippen LogP contribution >= 0.6 is 0 Å². The highest BCUT2D eigenvalue weighted by atomic mass is 16.5. The summed E-state index contributed by atoms with van der Waals surface area (Å²) >= 11 is 0. The second-order valence-corrected chi connectivity index (χ2v) is 7.46. The lowest BCUT2D eigenvalue weighted by Gasteiger charge is -2.22. The van der Waals surface area contributed by atoms with Gasteiger partial charge in [0.05, 0.1) is 0 Å². The highest BCUT2D eigenvalue weighted by molar-refractivity contribution is 5.90. The minimum absolute atomic E-state index is 0.0798. The summed E-state index contributed by atoms with van der Waals surface area (Å²) in [6.07, 6.45) is 7.92. The third-order valence-corrected chi connectivity index (χ3v) is 4.65. The Morgan fingerprint density at radius 2 is 1.89 bits per heavy atom. The van der Waals surface area contributed by atoms with Crippen LogP contribution in [0.15, 0.2) is 30.3 Å². The number of carbonyl (C=O) groups excluding carboxylic acids is 2. The fourth-order valence-electron chi connectivity index (χ4n) is 3.18. The van der Waals surface area contributed by atoms with Gasteiger partial charge in [-0.2, -0.15) is 0 Å². The van der Waals surface area contributed by atoms with Crippen LogP contribution in [0.1, 0.15) is 57.1 Å². The van der Waals surface area contributed by atoms with Crippen molar-refractivity contribution in [1.29, 1.82) is 0 Å². The third-order valence-electron chi connectivity index (χ3n) is 4.65. The number of ether oxygens (including phenoxy) is 1. The first-order valence-electron chi connectivity index (χ1n) is 9.63. The average molecular weight is 374 g/mol. The molecule has 6 nitrogen and oxygen atoms in total. The average Bonchev–Trinajstić information content (AvgIpc) is 3.16. The number of amides is 1. The monoisotopic (exact) mass is 374 g/mol. The predicted molar refractivity (Wildman–Crippen MR) is 104 cm³/mol. The third kappa shape index (κ3) is 7.53. The summed E-state index contributed by atoms with van der Waals surface area (Å²) in [5.74, 6) is -0.327. The van der Waals surface area contributed by atoms with Gasteiger partial charge in [0.1, 0.15) is 12.1 Å². The van der Waals surface area contributed by atoms with Gasteiger partial charge >= 0.3 is 5.97 Å². The lowest BCUT2D eigenvalue weighted by Crippen LogP contribution is -2.40. The van der Waals surface area contributed by atoms with E-state index in [4.69, 9.17) is 9.94 Å². The van der Waals surface area contributed by atoms with Crippen LogP contribution in [-0.2, 0) is 20.9 Å². The molecule has 148 valence electrons. The van der Waals surface area contributed by atoms with E-state index < -0.39 is 5.91 Å². The van der Waals surface area contributed by atoms with Crippen molar-refractivity contribution in [1.82, 2.24) is 10.8 Å². The molecule has 1 aromatic rings. The normalized spacial score (nSPS) is 16.0. The van der Waals surface area contributed by atoms with Crippen molar-refractivity contribution in [2.24, 2.45) is 5.92 Å². The van der Waals surface area contributed by atoms with Gasteiger partial charge in [0.25, 0.3) is 5.91 Å². The SMILES string of the molecule is CC(C)C[C@@H](NCc1ccc(/C=C/C(=O)NO)cc1)C(=O)OC1CCCC1. The van der Waals surface area contributed by atoms with Crippen LogP contribution in [0.3, 0.4) is 0 Å². The second kappa shape index (κ2) is 10.8. The van der Waals surface area contributed by atoms with Crippen LogP contribution < -0.4 is 10.8 Å². The molecule has 0 spiro atoms. The van der Waals surface area contributed by atoms with Gasteiger partial charge in [-0.3, -0.25) is 14.8 Å². The molecule has 0 heterocycles. The molecule has 0 aliphatic heterocycles. The topological polar surface area (TPSA) is 87.7 Å². The zero-order chi connectivity index (χ0) is 19.6. The van der Waals surface area contributed by atoms with Gasteiger partial charge in [-0.15, -0.1) is 0 Å². The number of esters is 1. The quantitative estimate of drug-likeness (QED) is 0.267. The minimum atomic E-state index is -0.571. The van der Waals surface area contributed by atoms with Crippen molar-refractivity contribution in [2.75, 3.05) is 0 Å². The molecule has 0 unspecified atom stereocenters. The Balaban J connectivity index is 1.90. The van der Waals surface area contributed by atoms with E-state index in [2.05, 4.69) is 19.2 Å². The van der Waals surface area contributed by atoms with Gasteiger partial charge < -0.3 is 10.1 Å². The van der Waals surface area contributed by atoms with E-state index in [9.17, 15) is 9.59 Å². The van der Waals surface area contributed by atoms with Crippen LogP contribution in [0, 0.1) is 5.92 Å².